The molecule has 0 aromatic carbocycles. The second-order valence-electron chi connectivity index (χ2n) is 2.99. The van der Waals surface area contributed by atoms with Gasteiger partial charge in [0.05, 0.1) is 7.11 Å². The zero-order valence-corrected chi connectivity index (χ0v) is 9.93. The van der Waals surface area contributed by atoms with Crippen LogP contribution in [-0.4, -0.2) is 35.5 Å². The molecule has 0 bridgehead atoms. The van der Waals surface area contributed by atoms with Gasteiger partial charge < -0.3 is 9.64 Å². The van der Waals surface area contributed by atoms with Gasteiger partial charge in [-0.3, -0.25) is 4.79 Å². The van der Waals surface area contributed by atoms with Gasteiger partial charge in [-0.05, 0) is 6.92 Å². The van der Waals surface area contributed by atoms with Gasteiger partial charge in [0.15, 0.2) is 0 Å². The van der Waals surface area contributed by atoms with Crippen LogP contribution in [0.3, 0.4) is 0 Å². The molecule has 0 N–H and O–H groups in total. The molecule has 1 rings (SSSR count). The first-order chi connectivity index (χ1) is 7.88. The predicted octanol–water partition coefficient (Wildman–Crippen LogP) is 1.56. The van der Waals surface area contributed by atoms with Crippen LogP contribution in [0.5, 0.6) is 0 Å². The lowest BCUT2D eigenvalue weighted by Gasteiger charge is -2.16. The third-order valence-electron chi connectivity index (χ3n) is 1.87. The molecule has 0 unspecified atom stereocenters. The monoisotopic (exact) mass is 269 g/mol. The standard InChI is InChI=1S/C8H10F3N3O2S/c1-3-14(4-5(15)16-2)7-12-6(13-17-7)8(9,10)11/h3-4H2,1-2H3. The van der Waals surface area contributed by atoms with Crippen LogP contribution in [0.25, 0.3) is 0 Å². The molecule has 0 saturated carbocycles. The minimum Gasteiger partial charge on any atom is -0.468 e. The summed E-state index contributed by atoms with van der Waals surface area (Å²) < 4.78 is 44.4. The summed E-state index contributed by atoms with van der Waals surface area (Å²) in [5, 5.41) is 0.0465. The van der Waals surface area contributed by atoms with E-state index in [0.29, 0.717) is 18.1 Å². The molecule has 1 aromatic rings. The van der Waals surface area contributed by atoms with Gasteiger partial charge in [0.25, 0.3) is 0 Å². The van der Waals surface area contributed by atoms with Crippen LogP contribution < -0.4 is 4.90 Å². The van der Waals surface area contributed by atoms with Crippen molar-refractivity contribution in [3.63, 3.8) is 0 Å². The summed E-state index contributed by atoms with van der Waals surface area (Å²) in [7, 11) is 1.21. The van der Waals surface area contributed by atoms with Gasteiger partial charge in [0.1, 0.15) is 6.54 Å². The molecule has 0 amide bonds. The quantitative estimate of drug-likeness (QED) is 0.776. The van der Waals surface area contributed by atoms with Crippen molar-refractivity contribution >= 4 is 22.6 Å². The smallest absolute Gasteiger partial charge is 0.452 e. The Balaban J connectivity index is 2.83. The maximum absolute atomic E-state index is 12.3. The van der Waals surface area contributed by atoms with Crippen LogP contribution in [0.2, 0.25) is 0 Å². The number of likely N-dealkylation sites (N-methyl/N-ethyl adjacent to an activating group) is 1. The first-order valence-corrected chi connectivity index (χ1v) is 5.38. The number of nitrogens with zero attached hydrogens (tertiary/aromatic N) is 3. The highest BCUT2D eigenvalue weighted by molar-refractivity contribution is 7.09. The molecule has 17 heavy (non-hydrogen) atoms. The lowest BCUT2D eigenvalue weighted by atomic mass is 10.5. The van der Waals surface area contributed by atoms with Crippen LogP contribution in [0, 0.1) is 0 Å². The largest absolute Gasteiger partial charge is 0.468 e. The van der Waals surface area contributed by atoms with Crippen LogP contribution in [0.1, 0.15) is 12.7 Å². The minimum atomic E-state index is -4.57. The summed E-state index contributed by atoms with van der Waals surface area (Å²) in [6, 6.07) is 0. The summed E-state index contributed by atoms with van der Waals surface area (Å²) >= 11 is 0.599. The molecule has 0 aliphatic carbocycles. The van der Waals surface area contributed by atoms with Crippen molar-refractivity contribution in [2.75, 3.05) is 25.1 Å². The zero-order chi connectivity index (χ0) is 13.1. The van der Waals surface area contributed by atoms with E-state index in [0.717, 1.165) is 0 Å². The van der Waals surface area contributed by atoms with E-state index in [1.165, 1.54) is 12.0 Å². The number of carbonyl (C=O) groups is 1. The number of aromatic nitrogens is 2. The Morgan fingerprint density at radius 2 is 2.18 bits per heavy atom. The van der Waals surface area contributed by atoms with E-state index in [2.05, 4.69) is 14.1 Å². The second kappa shape index (κ2) is 5.30. The lowest BCUT2D eigenvalue weighted by molar-refractivity contribution is -0.144. The highest BCUT2D eigenvalue weighted by Crippen LogP contribution is 2.30. The maximum atomic E-state index is 12.3. The van der Waals surface area contributed by atoms with E-state index < -0.39 is 18.0 Å². The van der Waals surface area contributed by atoms with E-state index in [-0.39, 0.29) is 11.7 Å². The number of carbonyl (C=O) groups excluding carboxylic acids is 1. The molecule has 5 nitrogen and oxygen atoms in total. The lowest BCUT2D eigenvalue weighted by Crippen LogP contribution is -2.30. The molecule has 0 aliphatic rings. The molecular weight excluding hydrogens is 259 g/mol. The first kappa shape index (κ1) is 13.7. The summed E-state index contributed by atoms with van der Waals surface area (Å²) in [5.74, 6) is -1.74. The van der Waals surface area contributed by atoms with Gasteiger partial charge in [-0.2, -0.15) is 22.5 Å². The molecule has 1 aromatic heterocycles. The highest BCUT2D eigenvalue weighted by atomic mass is 32.1. The summed E-state index contributed by atoms with van der Waals surface area (Å²) in [5.41, 5.74) is 0. The number of hydrogen-bond donors (Lipinski definition) is 0. The van der Waals surface area contributed by atoms with Gasteiger partial charge in [0, 0.05) is 18.1 Å². The number of esters is 1. The van der Waals surface area contributed by atoms with Crippen molar-refractivity contribution in [1.29, 1.82) is 0 Å². The Morgan fingerprint density at radius 3 is 2.59 bits per heavy atom. The van der Waals surface area contributed by atoms with Crippen molar-refractivity contribution in [3.05, 3.63) is 5.82 Å². The number of alkyl halides is 3. The molecule has 0 radical (unpaired) electrons. The third kappa shape index (κ3) is 3.55. The van der Waals surface area contributed by atoms with Crippen LogP contribution in [0.15, 0.2) is 0 Å². The number of hydrogen-bond acceptors (Lipinski definition) is 6. The Bertz CT molecular complexity index is 394. The van der Waals surface area contributed by atoms with Crippen molar-refractivity contribution in [3.8, 4) is 0 Å². The Kier molecular flexibility index (Phi) is 4.27. The number of methoxy groups -OCH3 is 1. The Morgan fingerprint density at radius 1 is 1.53 bits per heavy atom. The summed E-state index contributed by atoms with van der Waals surface area (Å²) in [6.45, 7) is 1.87. The van der Waals surface area contributed by atoms with E-state index in [4.69, 9.17) is 0 Å². The van der Waals surface area contributed by atoms with Crippen LogP contribution >= 0.6 is 11.5 Å². The maximum Gasteiger partial charge on any atom is 0.452 e. The Hall–Kier alpha value is -1.38. The van der Waals surface area contributed by atoms with Crippen LogP contribution in [0.4, 0.5) is 18.3 Å². The molecule has 0 atom stereocenters. The summed E-state index contributed by atoms with van der Waals surface area (Å²) in [4.78, 5) is 15.7. The van der Waals surface area contributed by atoms with E-state index in [1.54, 1.807) is 6.92 Å². The van der Waals surface area contributed by atoms with Crippen LogP contribution in [-0.2, 0) is 15.7 Å². The second-order valence-corrected chi connectivity index (χ2v) is 3.72. The molecule has 0 aliphatic heterocycles. The molecule has 0 saturated heterocycles. The fourth-order valence-electron chi connectivity index (χ4n) is 0.994. The topological polar surface area (TPSA) is 55.3 Å². The molecule has 0 fully saturated rings. The predicted molar refractivity (Wildman–Crippen MR) is 54.8 cm³/mol. The molecule has 0 spiro atoms. The SMILES string of the molecule is CCN(CC(=O)OC)c1nc(C(F)(F)F)ns1. The van der Waals surface area contributed by atoms with Crippen molar-refractivity contribution in [1.82, 2.24) is 9.36 Å². The van der Waals surface area contributed by atoms with Gasteiger partial charge in [-0.15, -0.1) is 0 Å². The fourth-order valence-corrected chi connectivity index (χ4v) is 1.74. The van der Waals surface area contributed by atoms with Crippen molar-refractivity contribution < 1.29 is 22.7 Å². The molecule has 96 valence electrons. The zero-order valence-electron chi connectivity index (χ0n) is 9.11. The van der Waals surface area contributed by atoms with Crippen molar-refractivity contribution in [2.45, 2.75) is 13.1 Å². The molecule has 1 heterocycles. The van der Waals surface area contributed by atoms with E-state index in [1.807, 2.05) is 0 Å². The normalized spacial score (nSPS) is 11.4. The number of rotatable bonds is 4. The number of halogens is 3. The van der Waals surface area contributed by atoms with Gasteiger partial charge in [0.2, 0.25) is 11.0 Å². The number of ether oxygens (including phenoxy) is 1. The third-order valence-corrected chi connectivity index (χ3v) is 2.65. The summed E-state index contributed by atoms with van der Waals surface area (Å²) in [6.07, 6.45) is -4.57. The number of anilines is 1. The average molecular weight is 269 g/mol. The van der Waals surface area contributed by atoms with E-state index >= 15 is 0 Å². The van der Waals surface area contributed by atoms with E-state index in [9.17, 15) is 18.0 Å². The van der Waals surface area contributed by atoms with Gasteiger partial charge in [-0.25, -0.2) is 0 Å². The Labute approximate surface area is 99.4 Å². The average Bonchev–Trinajstić information content (AvgIpc) is 2.74. The minimum absolute atomic E-state index is 0.0465. The first-order valence-electron chi connectivity index (χ1n) is 4.61. The van der Waals surface area contributed by atoms with Gasteiger partial charge >= 0.3 is 12.1 Å². The van der Waals surface area contributed by atoms with Gasteiger partial charge in [-0.1, -0.05) is 0 Å². The highest BCUT2D eigenvalue weighted by Gasteiger charge is 2.36. The molecule has 9 heteroatoms. The fraction of sp³-hybridized carbons (Fsp3) is 0.625. The van der Waals surface area contributed by atoms with Crippen molar-refractivity contribution in [2.24, 2.45) is 0 Å². The molecular formula is C8H10F3N3O2S.